The second-order valence-corrected chi connectivity index (χ2v) is 7.77. The summed E-state index contributed by atoms with van der Waals surface area (Å²) >= 11 is 5.69. The molecule has 0 radical (unpaired) electrons. The summed E-state index contributed by atoms with van der Waals surface area (Å²) in [6, 6.07) is 10.5. The van der Waals surface area contributed by atoms with Crippen LogP contribution < -0.4 is 9.62 Å². The molecule has 24 heavy (non-hydrogen) atoms. The highest BCUT2D eigenvalue weighted by Gasteiger charge is 2.28. The van der Waals surface area contributed by atoms with Crippen LogP contribution in [0.3, 0.4) is 0 Å². The van der Waals surface area contributed by atoms with Crippen LogP contribution >= 0.6 is 11.6 Å². The van der Waals surface area contributed by atoms with Gasteiger partial charge in [-0.1, -0.05) is 23.7 Å². The standard InChI is InChI=1S/C16H14ClFN2O3S/c17-13-6-2-7-14(15(13)18)19-16(21)11-4-1-5-12(10-11)20-8-3-9-24(20,22)23/h1-2,4-7,10H,3,8-9H2,(H,19,21). The van der Waals surface area contributed by atoms with E-state index in [1.54, 1.807) is 12.1 Å². The third-order valence-corrected chi connectivity index (χ3v) is 5.86. The first-order chi connectivity index (χ1) is 11.4. The van der Waals surface area contributed by atoms with Crippen LogP contribution in [0.4, 0.5) is 15.8 Å². The quantitative estimate of drug-likeness (QED) is 0.904. The van der Waals surface area contributed by atoms with Crippen LogP contribution in [-0.4, -0.2) is 26.6 Å². The Morgan fingerprint density at radius 2 is 1.96 bits per heavy atom. The van der Waals surface area contributed by atoms with Gasteiger partial charge in [0.25, 0.3) is 5.91 Å². The second kappa shape index (κ2) is 6.41. The summed E-state index contributed by atoms with van der Waals surface area (Å²) in [7, 11) is -3.33. The van der Waals surface area contributed by atoms with E-state index in [1.165, 1.54) is 34.6 Å². The number of carbonyl (C=O) groups excluding carboxylic acids is 1. The van der Waals surface area contributed by atoms with Crippen LogP contribution in [-0.2, 0) is 10.0 Å². The summed E-state index contributed by atoms with van der Waals surface area (Å²) in [6.45, 7) is 0.385. The lowest BCUT2D eigenvalue weighted by atomic mass is 10.1. The molecular formula is C16H14ClFN2O3S. The Morgan fingerprint density at radius 3 is 2.67 bits per heavy atom. The molecule has 0 spiro atoms. The predicted octanol–water partition coefficient (Wildman–Crippen LogP) is 3.27. The monoisotopic (exact) mass is 368 g/mol. The first-order valence-corrected chi connectivity index (χ1v) is 9.23. The Bertz CT molecular complexity index is 902. The van der Waals surface area contributed by atoms with Crippen molar-refractivity contribution >= 4 is 38.9 Å². The van der Waals surface area contributed by atoms with Crippen LogP contribution in [0.15, 0.2) is 42.5 Å². The molecule has 1 aliphatic heterocycles. The number of amides is 1. The summed E-state index contributed by atoms with van der Waals surface area (Å²) in [5.41, 5.74) is 0.618. The minimum absolute atomic E-state index is 0.0355. The van der Waals surface area contributed by atoms with Gasteiger partial charge in [-0.05, 0) is 36.8 Å². The van der Waals surface area contributed by atoms with Gasteiger partial charge in [0, 0.05) is 12.1 Å². The number of anilines is 2. The average Bonchev–Trinajstić information content (AvgIpc) is 2.91. The molecule has 0 aliphatic carbocycles. The van der Waals surface area contributed by atoms with Gasteiger partial charge < -0.3 is 5.32 Å². The van der Waals surface area contributed by atoms with Crippen molar-refractivity contribution in [3.63, 3.8) is 0 Å². The number of carbonyl (C=O) groups is 1. The lowest BCUT2D eigenvalue weighted by Crippen LogP contribution is -2.25. The molecule has 1 heterocycles. The Kier molecular flexibility index (Phi) is 4.47. The molecule has 1 aliphatic rings. The zero-order chi connectivity index (χ0) is 17.3. The van der Waals surface area contributed by atoms with Crippen LogP contribution in [0, 0.1) is 5.82 Å². The normalized spacial score (nSPS) is 16.2. The van der Waals surface area contributed by atoms with Crippen LogP contribution in [0.5, 0.6) is 0 Å². The number of hydrogen-bond acceptors (Lipinski definition) is 3. The van der Waals surface area contributed by atoms with E-state index in [2.05, 4.69) is 5.32 Å². The number of benzene rings is 2. The summed E-state index contributed by atoms with van der Waals surface area (Å²) in [6.07, 6.45) is 0.548. The summed E-state index contributed by atoms with van der Waals surface area (Å²) in [5, 5.41) is 2.35. The Labute approximate surface area is 144 Å². The van der Waals surface area contributed by atoms with Crippen LogP contribution in [0.2, 0.25) is 5.02 Å². The van der Waals surface area contributed by atoms with Crippen molar-refractivity contribution in [2.24, 2.45) is 0 Å². The highest BCUT2D eigenvalue weighted by molar-refractivity contribution is 7.93. The Hall–Kier alpha value is -2.12. The van der Waals surface area contributed by atoms with Crippen LogP contribution in [0.1, 0.15) is 16.8 Å². The Balaban J connectivity index is 1.86. The molecule has 0 bridgehead atoms. The van der Waals surface area contributed by atoms with Gasteiger partial charge >= 0.3 is 0 Å². The van der Waals surface area contributed by atoms with E-state index in [1.807, 2.05) is 0 Å². The van der Waals surface area contributed by atoms with Crippen molar-refractivity contribution < 1.29 is 17.6 Å². The van der Waals surface area contributed by atoms with Crippen molar-refractivity contribution in [3.05, 3.63) is 58.9 Å². The summed E-state index contributed by atoms with van der Waals surface area (Å²) < 4.78 is 39.1. The minimum atomic E-state index is -3.33. The molecule has 1 N–H and O–H groups in total. The highest BCUT2D eigenvalue weighted by Crippen LogP contribution is 2.26. The molecular weight excluding hydrogens is 355 g/mol. The number of halogens is 2. The fourth-order valence-corrected chi connectivity index (χ4v) is 4.26. The lowest BCUT2D eigenvalue weighted by molar-refractivity contribution is 0.102. The van der Waals surface area contributed by atoms with Crippen molar-refractivity contribution in [2.45, 2.75) is 6.42 Å². The average molecular weight is 369 g/mol. The first kappa shape index (κ1) is 16.7. The smallest absolute Gasteiger partial charge is 0.255 e. The number of nitrogens with one attached hydrogen (secondary N) is 1. The number of hydrogen-bond donors (Lipinski definition) is 1. The molecule has 1 amide bonds. The van der Waals surface area contributed by atoms with Gasteiger partial charge in [-0.25, -0.2) is 12.8 Å². The molecule has 2 aromatic carbocycles. The van der Waals surface area contributed by atoms with Crippen molar-refractivity contribution in [1.29, 1.82) is 0 Å². The predicted molar refractivity (Wildman–Crippen MR) is 91.6 cm³/mol. The number of nitrogens with zero attached hydrogens (tertiary/aromatic N) is 1. The van der Waals surface area contributed by atoms with E-state index in [4.69, 9.17) is 11.6 Å². The van der Waals surface area contributed by atoms with E-state index in [0.717, 1.165) is 0 Å². The second-order valence-electron chi connectivity index (χ2n) is 5.35. The third kappa shape index (κ3) is 3.22. The zero-order valence-corrected chi connectivity index (χ0v) is 14.1. The molecule has 126 valence electrons. The molecule has 0 atom stereocenters. The number of sulfonamides is 1. The molecule has 2 aromatic rings. The molecule has 0 aromatic heterocycles. The SMILES string of the molecule is O=C(Nc1cccc(Cl)c1F)c1cccc(N2CCCS2(=O)=O)c1. The first-order valence-electron chi connectivity index (χ1n) is 7.24. The Morgan fingerprint density at radius 1 is 1.21 bits per heavy atom. The van der Waals surface area contributed by atoms with E-state index in [-0.39, 0.29) is 22.0 Å². The van der Waals surface area contributed by atoms with E-state index < -0.39 is 21.7 Å². The minimum Gasteiger partial charge on any atom is -0.319 e. The van der Waals surface area contributed by atoms with E-state index in [9.17, 15) is 17.6 Å². The maximum atomic E-state index is 13.9. The fourth-order valence-electron chi connectivity index (χ4n) is 2.53. The van der Waals surface area contributed by atoms with E-state index in [0.29, 0.717) is 18.7 Å². The fraction of sp³-hybridized carbons (Fsp3) is 0.188. The molecule has 3 rings (SSSR count). The third-order valence-electron chi connectivity index (χ3n) is 3.70. The van der Waals surface area contributed by atoms with Crippen molar-refractivity contribution in [3.8, 4) is 0 Å². The van der Waals surface area contributed by atoms with Crippen molar-refractivity contribution in [1.82, 2.24) is 0 Å². The molecule has 1 fully saturated rings. The molecule has 0 unspecified atom stereocenters. The van der Waals surface area contributed by atoms with Gasteiger partial charge in [0.05, 0.1) is 22.2 Å². The molecule has 1 saturated heterocycles. The summed E-state index contributed by atoms with van der Waals surface area (Å²) in [4.78, 5) is 12.3. The van der Waals surface area contributed by atoms with Crippen molar-refractivity contribution in [2.75, 3.05) is 21.9 Å². The number of rotatable bonds is 3. The van der Waals surface area contributed by atoms with Gasteiger partial charge in [-0.3, -0.25) is 9.10 Å². The zero-order valence-electron chi connectivity index (χ0n) is 12.5. The lowest BCUT2D eigenvalue weighted by Gasteiger charge is -2.17. The molecule has 0 saturated carbocycles. The molecule has 8 heteroatoms. The van der Waals surface area contributed by atoms with Gasteiger partial charge in [0.1, 0.15) is 0 Å². The van der Waals surface area contributed by atoms with Gasteiger partial charge in [0.2, 0.25) is 10.0 Å². The maximum Gasteiger partial charge on any atom is 0.255 e. The van der Waals surface area contributed by atoms with Gasteiger partial charge in [0.15, 0.2) is 5.82 Å². The van der Waals surface area contributed by atoms with E-state index >= 15 is 0 Å². The molecule has 5 nitrogen and oxygen atoms in total. The van der Waals surface area contributed by atoms with Gasteiger partial charge in [-0.15, -0.1) is 0 Å². The highest BCUT2D eigenvalue weighted by atomic mass is 35.5. The summed E-state index contributed by atoms with van der Waals surface area (Å²) in [5.74, 6) is -1.17. The van der Waals surface area contributed by atoms with Gasteiger partial charge in [-0.2, -0.15) is 0 Å². The van der Waals surface area contributed by atoms with Crippen LogP contribution in [0.25, 0.3) is 0 Å². The topological polar surface area (TPSA) is 66.5 Å². The largest absolute Gasteiger partial charge is 0.319 e. The maximum absolute atomic E-state index is 13.9.